The van der Waals surface area contributed by atoms with Crippen LogP contribution in [0.2, 0.25) is 0 Å². The van der Waals surface area contributed by atoms with Crippen LogP contribution in [0.3, 0.4) is 0 Å². The Morgan fingerprint density at radius 1 is 1.58 bits per heavy atom. The second kappa shape index (κ2) is 6.25. The number of anilines is 1. The van der Waals surface area contributed by atoms with Crippen LogP contribution < -0.4 is 11.1 Å². The normalized spacial score (nSPS) is 12.5. The summed E-state index contributed by atoms with van der Waals surface area (Å²) < 4.78 is 0.946. The van der Waals surface area contributed by atoms with E-state index in [0.29, 0.717) is 10.7 Å². The minimum atomic E-state index is -0.0394. The van der Waals surface area contributed by atoms with Gasteiger partial charge in [-0.05, 0) is 43.6 Å². The Kier molecular flexibility index (Phi) is 4.66. The van der Waals surface area contributed by atoms with Gasteiger partial charge in [-0.3, -0.25) is 4.79 Å². The number of nitrogens with one attached hydrogen (secondary N) is 1. The van der Waals surface area contributed by atoms with E-state index in [-0.39, 0.29) is 11.9 Å². The van der Waals surface area contributed by atoms with Crippen LogP contribution in [0.25, 0.3) is 10.2 Å². The maximum Gasteiger partial charge on any atom is 0.251 e. The predicted octanol–water partition coefficient (Wildman–Crippen LogP) is 2.75. The van der Waals surface area contributed by atoms with E-state index in [0.717, 1.165) is 22.4 Å². The van der Waals surface area contributed by atoms with Crippen LogP contribution >= 0.6 is 23.1 Å². The lowest BCUT2D eigenvalue weighted by molar-refractivity contribution is 0.0939. The molecule has 1 unspecified atom stereocenters. The largest absolute Gasteiger partial charge is 0.375 e. The van der Waals surface area contributed by atoms with Gasteiger partial charge in [0.25, 0.3) is 5.91 Å². The van der Waals surface area contributed by atoms with Gasteiger partial charge >= 0.3 is 0 Å². The molecule has 0 spiro atoms. The number of thioether (sulfide) groups is 1. The Labute approximate surface area is 120 Å². The Hall–Kier alpha value is -1.27. The number of amides is 1. The zero-order chi connectivity index (χ0) is 13.8. The molecule has 4 nitrogen and oxygen atoms in total. The van der Waals surface area contributed by atoms with Gasteiger partial charge < -0.3 is 11.1 Å². The second-order valence-electron chi connectivity index (χ2n) is 4.39. The number of nitrogen functional groups attached to an aromatic ring is 1. The summed E-state index contributed by atoms with van der Waals surface area (Å²) in [5.74, 6) is 1.01. The minimum absolute atomic E-state index is 0.0394. The summed E-state index contributed by atoms with van der Waals surface area (Å²) in [4.78, 5) is 16.3. The zero-order valence-corrected chi connectivity index (χ0v) is 12.6. The number of fused-ring (bicyclic) bond motifs is 1. The third kappa shape index (κ3) is 3.61. The summed E-state index contributed by atoms with van der Waals surface area (Å²) in [6.07, 6.45) is 3.04. The van der Waals surface area contributed by atoms with Gasteiger partial charge in [0, 0.05) is 11.6 Å². The number of nitrogens with two attached hydrogens (primary N) is 1. The fourth-order valence-corrected chi connectivity index (χ4v) is 3.12. The van der Waals surface area contributed by atoms with Crippen molar-refractivity contribution >= 4 is 44.4 Å². The molecule has 1 heterocycles. The van der Waals surface area contributed by atoms with Crippen LogP contribution in [-0.4, -0.2) is 28.9 Å². The van der Waals surface area contributed by atoms with Gasteiger partial charge in [-0.1, -0.05) is 11.3 Å². The lowest BCUT2D eigenvalue weighted by Gasteiger charge is -2.13. The maximum absolute atomic E-state index is 12.1. The lowest BCUT2D eigenvalue weighted by Crippen LogP contribution is -2.32. The number of carbonyl (C=O) groups excluding carboxylic acids is 1. The third-order valence-electron chi connectivity index (χ3n) is 2.80. The summed E-state index contributed by atoms with van der Waals surface area (Å²) in [6, 6.07) is 5.66. The van der Waals surface area contributed by atoms with E-state index < -0.39 is 0 Å². The number of carbonyl (C=O) groups is 1. The molecule has 102 valence electrons. The van der Waals surface area contributed by atoms with Crippen LogP contribution in [0.5, 0.6) is 0 Å². The number of hydrogen-bond acceptors (Lipinski definition) is 5. The van der Waals surface area contributed by atoms with Crippen molar-refractivity contribution in [3.63, 3.8) is 0 Å². The van der Waals surface area contributed by atoms with E-state index in [4.69, 9.17) is 5.73 Å². The molecule has 0 fully saturated rings. The highest BCUT2D eigenvalue weighted by atomic mass is 32.2. The molecule has 0 bridgehead atoms. The fraction of sp³-hybridized carbons (Fsp3) is 0.385. The first-order valence-corrected chi connectivity index (χ1v) is 8.27. The molecule has 3 N–H and O–H groups in total. The van der Waals surface area contributed by atoms with E-state index >= 15 is 0 Å². The molecule has 2 rings (SSSR count). The summed E-state index contributed by atoms with van der Waals surface area (Å²) >= 11 is 3.19. The molecule has 6 heteroatoms. The molecule has 19 heavy (non-hydrogen) atoms. The number of nitrogens with zero attached hydrogens (tertiary/aromatic N) is 1. The smallest absolute Gasteiger partial charge is 0.251 e. The molecule has 0 aliphatic rings. The Bertz CT molecular complexity index is 582. The predicted molar refractivity (Wildman–Crippen MR) is 84.0 cm³/mol. The molecule has 1 atom stereocenters. The lowest BCUT2D eigenvalue weighted by atomic mass is 10.2. The first-order chi connectivity index (χ1) is 9.10. The minimum Gasteiger partial charge on any atom is -0.375 e. The SMILES string of the molecule is CSCCC(C)NC(=O)c1ccc2nc(N)sc2c1. The number of rotatable bonds is 5. The van der Waals surface area contributed by atoms with E-state index in [1.165, 1.54) is 11.3 Å². The van der Waals surface area contributed by atoms with Crippen molar-refractivity contribution < 1.29 is 4.79 Å². The van der Waals surface area contributed by atoms with Crippen LogP contribution in [0, 0.1) is 0 Å². The second-order valence-corrected chi connectivity index (χ2v) is 6.44. The highest BCUT2D eigenvalue weighted by Crippen LogP contribution is 2.24. The molecule has 2 aromatic rings. The molecule has 0 aliphatic heterocycles. The Balaban J connectivity index is 2.08. The van der Waals surface area contributed by atoms with Gasteiger partial charge in [-0.2, -0.15) is 11.8 Å². The van der Waals surface area contributed by atoms with Gasteiger partial charge in [0.1, 0.15) is 0 Å². The fourth-order valence-electron chi connectivity index (χ4n) is 1.76. The summed E-state index contributed by atoms with van der Waals surface area (Å²) in [7, 11) is 0. The number of hydrogen-bond donors (Lipinski definition) is 2. The average molecular weight is 295 g/mol. The van der Waals surface area contributed by atoms with Crippen LogP contribution in [-0.2, 0) is 0 Å². The summed E-state index contributed by atoms with van der Waals surface area (Å²) in [5, 5.41) is 3.53. The maximum atomic E-state index is 12.1. The van der Waals surface area contributed by atoms with Crippen molar-refractivity contribution in [3.05, 3.63) is 23.8 Å². The number of thiazole rings is 1. The first kappa shape index (κ1) is 14.1. The summed E-state index contributed by atoms with van der Waals surface area (Å²) in [6.45, 7) is 2.03. The van der Waals surface area contributed by atoms with E-state index in [9.17, 15) is 4.79 Å². The van der Waals surface area contributed by atoms with Crippen molar-refractivity contribution in [2.45, 2.75) is 19.4 Å². The third-order valence-corrected chi connectivity index (χ3v) is 4.29. The van der Waals surface area contributed by atoms with Crippen LogP contribution in [0.15, 0.2) is 18.2 Å². The van der Waals surface area contributed by atoms with Crippen molar-refractivity contribution in [3.8, 4) is 0 Å². The highest BCUT2D eigenvalue weighted by Gasteiger charge is 2.11. The summed E-state index contributed by atoms with van der Waals surface area (Å²) in [5.41, 5.74) is 7.16. The van der Waals surface area contributed by atoms with Crippen LogP contribution in [0.4, 0.5) is 5.13 Å². The van der Waals surface area contributed by atoms with Gasteiger partial charge in [-0.15, -0.1) is 0 Å². The molecule has 0 saturated carbocycles. The van der Waals surface area contributed by atoms with Gasteiger partial charge in [0.05, 0.1) is 10.2 Å². The van der Waals surface area contributed by atoms with Crippen molar-refractivity contribution in [2.75, 3.05) is 17.7 Å². The van der Waals surface area contributed by atoms with Gasteiger partial charge in [0.15, 0.2) is 5.13 Å². The molecular formula is C13H17N3OS2. The van der Waals surface area contributed by atoms with Gasteiger partial charge in [0.2, 0.25) is 0 Å². The van der Waals surface area contributed by atoms with E-state index in [2.05, 4.69) is 16.6 Å². The van der Waals surface area contributed by atoms with E-state index in [1.54, 1.807) is 17.8 Å². The number of aromatic nitrogens is 1. The molecule has 1 aromatic heterocycles. The van der Waals surface area contributed by atoms with Crippen molar-refractivity contribution in [1.29, 1.82) is 0 Å². The van der Waals surface area contributed by atoms with Crippen LogP contribution in [0.1, 0.15) is 23.7 Å². The standard InChI is InChI=1S/C13H17N3OS2/c1-8(5-6-18-2)15-12(17)9-3-4-10-11(7-9)19-13(14)16-10/h3-4,7-8H,5-6H2,1-2H3,(H2,14,16)(H,15,17). The molecule has 0 saturated heterocycles. The first-order valence-electron chi connectivity index (χ1n) is 6.06. The van der Waals surface area contributed by atoms with Crippen molar-refractivity contribution in [1.82, 2.24) is 10.3 Å². The monoisotopic (exact) mass is 295 g/mol. The van der Waals surface area contributed by atoms with Gasteiger partial charge in [-0.25, -0.2) is 4.98 Å². The average Bonchev–Trinajstić information content (AvgIpc) is 2.75. The Morgan fingerprint density at radius 3 is 3.11 bits per heavy atom. The molecule has 0 radical (unpaired) electrons. The quantitative estimate of drug-likeness (QED) is 0.890. The highest BCUT2D eigenvalue weighted by molar-refractivity contribution is 7.98. The topological polar surface area (TPSA) is 68.0 Å². The van der Waals surface area contributed by atoms with E-state index in [1.807, 2.05) is 19.1 Å². The molecule has 1 amide bonds. The number of benzene rings is 1. The van der Waals surface area contributed by atoms with Crippen molar-refractivity contribution in [2.24, 2.45) is 0 Å². The zero-order valence-electron chi connectivity index (χ0n) is 11.0. The molecular weight excluding hydrogens is 278 g/mol. The molecule has 1 aromatic carbocycles. The molecule has 0 aliphatic carbocycles. The Morgan fingerprint density at radius 2 is 2.37 bits per heavy atom.